The van der Waals surface area contributed by atoms with Crippen molar-refractivity contribution >= 4 is 23.5 Å². The van der Waals surface area contributed by atoms with E-state index in [4.69, 9.17) is 16.0 Å². The van der Waals surface area contributed by atoms with Gasteiger partial charge in [0.15, 0.2) is 5.96 Å². The molecule has 0 spiro atoms. The third-order valence-electron chi connectivity index (χ3n) is 4.83. The molecule has 7 nitrogen and oxygen atoms in total. The van der Waals surface area contributed by atoms with Gasteiger partial charge in [0.25, 0.3) is 0 Å². The van der Waals surface area contributed by atoms with Gasteiger partial charge >= 0.3 is 0 Å². The van der Waals surface area contributed by atoms with Crippen LogP contribution < -0.4 is 5.32 Å². The van der Waals surface area contributed by atoms with Gasteiger partial charge in [-0.15, -0.1) is 0 Å². The number of carbonyl (C=O) groups excluding carboxylic acids is 1. The van der Waals surface area contributed by atoms with E-state index >= 15 is 0 Å². The molecule has 2 aromatic rings. The topological polar surface area (TPSA) is 81.3 Å². The maximum Gasteiger partial charge on any atom is 0.242 e. The summed E-state index contributed by atoms with van der Waals surface area (Å²) in [5.74, 6) is 1.11. The summed E-state index contributed by atoms with van der Waals surface area (Å²) in [7, 11) is 0. The van der Waals surface area contributed by atoms with E-state index in [1.54, 1.807) is 19.1 Å². The molecule has 1 saturated heterocycles. The van der Waals surface area contributed by atoms with Gasteiger partial charge in [0.05, 0.1) is 19.4 Å². The predicted molar refractivity (Wildman–Crippen MR) is 113 cm³/mol. The van der Waals surface area contributed by atoms with E-state index in [1.165, 1.54) is 6.26 Å². The first kappa shape index (κ1) is 21.2. The lowest BCUT2D eigenvalue weighted by molar-refractivity contribution is -0.135. The number of benzene rings is 1. The van der Waals surface area contributed by atoms with Crippen molar-refractivity contribution in [2.75, 3.05) is 32.7 Å². The largest absolute Gasteiger partial charge is 0.466 e. The first-order valence-electron chi connectivity index (χ1n) is 9.71. The second-order valence-electron chi connectivity index (χ2n) is 7.28. The molecule has 1 atom stereocenters. The average Bonchev–Trinajstić information content (AvgIpc) is 3.24. The summed E-state index contributed by atoms with van der Waals surface area (Å²) >= 11 is 5.93. The molecule has 2 N–H and O–H groups in total. The lowest BCUT2D eigenvalue weighted by Gasteiger charge is -2.36. The third kappa shape index (κ3) is 5.52. The number of amides is 1. The highest BCUT2D eigenvalue weighted by Gasteiger charge is 2.29. The number of aliphatic hydroxyl groups is 1. The van der Waals surface area contributed by atoms with Crippen LogP contribution in [0.1, 0.15) is 25.2 Å². The number of hydrogen-bond donors (Lipinski definition) is 2. The van der Waals surface area contributed by atoms with E-state index in [2.05, 4.69) is 10.3 Å². The average molecular weight is 419 g/mol. The molecule has 156 valence electrons. The molecule has 1 unspecified atom stereocenters. The summed E-state index contributed by atoms with van der Waals surface area (Å²) in [4.78, 5) is 21.0. The number of rotatable bonds is 6. The fourth-order valence-corrected chi connectivity index (χ4v) is 3.31. The lowest BCUT2D eigenvalue weighted by atomic mass is 10.0. The number of aliphatic imine (C=N–C) groups is 1. The van der Waals surface area contributed by atoms with E-state index in [1.807, 2.05) is 41.0 Å². The predicted octanol–water partition coefficient (Wildman–Crippen LogP) is 2.45. The Morgan fingerprint density at radius 2 is 2.07 bits per heavy atom. The Bertz CT molecular complexity index is 834. The van der Waals surface area contributed by atoms with E-state index in [9.17, 15) is 9.90 Å². The first-order valence-corrected chi connectivity index (χ1v) is 10.1. The monoisotopic (exact) mass is 418 g/mol. The van der Waals surface area contributed by atoms with Crippen LogP contribution in [0.4, 0.5) is 0 Å². The summed E-state index contributed by atoms with van der Waals surface area (Å²) in [6, 6.07) is 11.0. The number of carbonyl (C=O) groups is 1. The van der Waals surface area contributed by atoms with Crippen molar-refractivity contribution in [3.05, 3.63) is 59.0 Å². The number of nitrogens with one attached hydrogen (secondary N) is 1. The molecule has 1 amide bonds. The van der Waals surface area contributed by atoms with Gasteiger partial charge in [-0.3, -0.25) is 4.79 Å². The van der Waals surface area contributed by atoms with Gasteiger partial charge in [0, 0.05) is 31.2 Å². The van der Waals surface area contributed by atoms with Crippen LogP contribution in [0.15, 0.2) is 52.1 Å². The standard InChI is InChI=1S/C21H27ClN4O3/c1-3-23-20(24-15-21(2,28)18-5-4-12-29-18)26-11-10-25(19(27)14-26)13-16-6-8-17(22)9-7-16/h4-9,12,28H,3,10-11,13-15H2,1-2H3,(H,23,24). The molecule has 1 aliphatic rings. The van der Waals surface area contributed by atoms with Crippen molar-refractivity contribution in [3.63, 3.8) is 0 Å². The molecule has 1 aliphatic heterocycles. The van der Waals surface area contributed by atoms with Gasteiger partial charge in [-0.1, -0.05) is 23.7 Å². The zero-order valence-corrected chi connectivity index (χ0v) is 17.5. The molecule has 0 saturated carbocycles. The Labute approximate surface area is 176 Å². The van der Waals surface area contributed by atoms with Crippen molar-refractivity contribution in [1.82, 2.24) is 15.1 Å². The minimum absolute atomic E-state index is 0.0367. The van der Waals surface area contributed by atoms with Gasteiger partial charge in [0.1, 0.15) is 11.4 Å². The summed E-state index contributed by atoms with van der Waals surface area (Å²) in [6.07, 6.45) is 1.53. The van der Waals surface area contributed by atoms with Gasteiger partial charge < -0.3 is 24.6 Å². The van der Waals surface area contributed by atoms with Gasteiger partial charge in [-0.05, 0) is 43.7 Å². The van der Waals surface area contributed by atoms with Crippen LogP contribution in [0.25, 0.3) is 0 Å². The van der Waals surface area contributed by atoms with Crippen LogP contribution in [0, 0.1) is 0 Å². The fourth-order valence-electron chi connectivity index (χ4n) is 3.18. The molecule has 29 heavy (non-hydrogen) atoms. The van der Waals surface area contributed by atoms with Gasteiger partial charge in [-0.2, -0.15) is 0 Å². The number of guanidine groups is 1. The Balaban J connectivity index is 1.63. The fraction of sp³-hybridized carbons (Fsp3) is 0.429. The van der Waals surface area contributed by atoms with Crippen LogP contribution in [-0.4, -0.2) is 59.5 Å². The Morgan fingerprint density at radius 1 is 1.31 bits per heavy atom. The van der Waals surface area contributed by atoms with E-state index in [-0.39, 0.29) is 19.0 Å². The molecular formula is C21H27ClN4O3. The maximum atomic E-state index is 12.7. The number of halogens is 1. The molecular weight excluding hydrogens is 392 g/mol. The minimum Gasteiger partial charge on any atom is -0.466 e. The summed E-state index contributed by atoms with van der Waals surface area (Å²) < 4.78 is 5.31. The number of nitrogens with zero attached hydrogens (tertiary/aromatic N) is 3. The van der Waals surface area contributed by atoms with Crippen LogP contribution in [-0.2, 0) is 16.9 Å². The van der Waals surface area contributed by atoms with E-state index in [0.29, 0.717) is 42.9 Å². The van der Waals surface area contributed by atoms with Crippen LogP contribution in [0.5, 0.6) is 0 Å². The third-order valence-corrected chi connectivity index (χ3v) is 5.08. The second kappa shape index (κ2) is 9.33. The van der Waals surface area contributed by atoms with Crippen LogP contribution in [0.3, 0.4) is 0 Å². The molecule has 1 aromatic heterocycles. The van der Waals surface area contributed by atoms with Crippen molar-refractivity contribution < 1.29 is 14.3 Å². The number of piperazine rings is 1. The van der Waals surface area contributed by atoms with Gasteiger partial charge in [-0.25, -0.2) is 4.99 Å². The molecule has 2 heterocycles. The van der Waals surface area contributed by atoms with E-state index in [0.717, 1.165) is 5.56 Å². The maximum absolute atomic E-state index is 12.7. The highest BCUT2D eigenvalue weighted by molar-refractivity contribution is 6.30. The highest BCUT2D eigenvalue weighted by Crippen LogP contribution is 2.21. The SMILES string of the molecule is CCNC(=NCC(C)(O)c1ccco1)N1CCN(Cc2ccc(Cl)cc2)C(=O)C1. The minimum atomic E-state index is -1.22. The zero-order valence-electron chi connectivity index (χ0n) is 16.8. The van der Waals surface area contributed by atoms with Crippen LogP contribution >= 0.6 is 11.6 Å². The van der Waals surface area contributed by atoms with Crippen molar-refractivity contribution in [2.24, 2.45) is 4.99 Å². The molecule has 3 rings (SSSR count). The number of furan rings is 1. The molecule has 0 radical (unpaired) electrons. The smallest absolute Gasteiger partial charge is 0.242 e. The van der Waals surface area contributed by atoms with Crippen molar-refractivity contribution in [3.8, 4) is 0 Å². The molecule has 0 bridgehead atoms. The second-order valence-corrected chi connectivity index (χ2v) is 7.72. The van der Waals surface area contributed by atoms with Crippen molar-refractivity contribution in [1.29, 1.82) is 0 Å². The molecule has 1 aromatic carbocycles. The molecule has 1 fully saturated rings. The lowest BCUT2D eigenvalue weighted by Crippen LogP contribution is -2.55. The van der Waals surface area contributed by atoms with E-state index < -0.39 is 5.60 Å². The van der Waals surface area contributed by atoms with Crippen molar-refractivity contribution in [2.45, 2.75) is 26.0 Å². The molecule has 8 heteroatoms. The summed E-state index contributed by atoms with van der Waals surface area (Å²) in [5.41, 5.74) is -0.170. The van der Waals surface area contributed by atoms with Crippen LogP contribution in [0.2, 0.25) is 5.02 Å². The summed E-state index contributed by atoms with van der Waals surface area (Å²) in [6.45, 7) is 6.48. The highest BCUT2D eigenvalue weighted by atomic mass is 35.5. The normalized spacial score (nSPS) is 17.4. The quantitative estimate of drug-likeness (QED) is 0.556. The van der Waals surface area contributed by atoms with Gasteiger partial charge in [0.2, 0.25) is 5.91 Å². The Kier molecular flexibility index (Phi) is 6.82. The molecule has 0 aliphatic carbocycles. The zero-order chi connectivity index (χ0) is 20.9. The Morgan fingerprint density at radius 3 is 2.69 bits per heavy atom. The summed E-state index contributed by atoms with van der Waals surface area (Å²) in [5, 5.41) is 14.5. The first-order chi connectivity index (χ1) is 13.9. The number of hydrogen-bond acceptors (Lipinski definition) is 4. The Hall–Kier alpha value is -2.51.